The second-order valence-electron chi connectivity index (χ2n) is 4.05. The molecule has 0 aromatic carbocycles. The van der Waals surface area contributed by atoms with Crippen LogP contribution in [0.25, 0.3) is 22.6 Å². The maximum atomic E-state index is 4.47. The van der Waals surface area contributed by atoms with E-state index in [1.165, 1.54) is 0 Å². The van der Waals surface area contributed by atoms with Crippen LogP contribution in [0, 0.1) is 13.8 Å². The van der Waals surface area contributed by atoms with Crippen LogP contribution < -0.4 is 0 Å². The fourth-order valence-electron chi connectivity index (χ4n) is 1.91. The average Bonchev–Trinajstić information content (AvgIpc) is 2.72. The van der Waals surface area contributed by atoms with Crippen LogP contribution in [0.3, 0.4) is 0 Å². The third-order valence-corrected chi connectivity index (χ3v) is 2.74. The van der Waals surface area contributed by atoms with Gasteiger partial charge >= 0.3 is 0 Å². The minimum Gasteiger partial charge on any atom is -0.337 e. The third-order valence-electron chi connectivity index (χ3n) is 2.74. The summed E-state index contributed by atoms with van der Waals surface area (Å²) >= 11 is 0. The van der Waals surface area contributed by atoms with Crippen LogP contribution in [-0.2, 0) is 0 Å². The van der Waals surface area contributed by atoms with Gasteiger partial charge in [0, 0.05) is 23.1 Å². The molecule has 0 aliphatic carbocycles. The number of hydrogen-bond acceptors (Lipinski definition) is 3. The molecular formula is C13H12N4. The number of aryl methyl sites for hydroxylation is 2. The van der Waals surface area contributed by atoms with Crippen molar-refractivity contribution in [1.29, 1.82) is 0 Å². The molecule has 4 heteroatoms. The van der Waals surface area contributed by atoms with E-state index in [2.05, 4.69) is 19.9 Å². The largest absolute Gasteiger partial charge is 0.337 e. The molecule has 0 radical (unpaired) electrons. The van der Waals surface area contributed by atoms with Crippen molar-refractivity contribution in [3.05, 3.63) is 41.9 Å². The lowest BCUT2D eigenvalue weighted by Crippen LogP contribution is -1.91. The second-order valence-corrected chi connectivity index (χ2v) is 4.05. The van der Waals surface area contributed by atoms with Gasteiger partial charge in [-0.3, -0.25) is 4.98 Å². The molecule has 0 bridgehead atoms. The van der Waals surface area contributed by atoms with Crippen LogP contribution in [-0.4, -0.2) is 19.9 Å². The molecule has 0 aliphatic rings. The number of hydrogen-bond donors (Lipinski definition) is 1. The van der Waals surface area contributed by atoms with Gasteiger partial charge in [0.05, 0.1) is 5.52 Å². The summed E-state index contributed by atoms with van der Waals surface area (Å²) < 4.78 is 0. The van der Waals surface area contributed by atoms with Gasteiger partial charge in [-0.05, 0) is 38.1 Å². The summed E-state index contributed by atoms with van der Waals surface area (Å²) in [4.78, 5) is 16.4. The molecule has 17 heavy (non-hydrogen) atoms. The maximum absolute atomic E-state index is 4.47. The van der Waals surface area contributed by atoms with Crippen LogP contribution in [0.15, 0.2) is 30.5 Å². The van der Waals surface area contributed by atoms with Gasteiger partial charge < -0.3 is 4.98 Å². The van der Waals surface area contributed by atoms with Crippen LogP contribution in [0.2, 0.25) is 0 Å². The monoisotopic (exact) mass is 224 g/mol. The lowest BCUT2D eigenvalue weighted by atomic mass is 10.2. The molecule has 3 aromatic rings. The minimum absolute atomic E-state index is 0.738. The molecule has 0 unspecified atom stereocenters. The number of aromatic amines is 1. The molecule has 0 amide bonds. The van der Waals surface area contributed by atoms with Crippen LogP contribution >= 0.6 is 0 Å². The highest BCUT2D eigenvalue weighted by atomic mass is 15.0. The summed E-state index contributed by atoms with van der Waals surface area (Å²) in [5.41, 5.74) is 4.70. The summed E-state index contributed by atoms with van der Waals surface area (Å²) in [6.07, 6.45) is 1.74. The third kappa shape index (κ3) is 1.67. The quantitative estimate of drug-likeness (QED) is 0.691. The van der Waals surface area contributed by atoms with Gasteiger partial charge in [0.15, 0.2) is 5.65 Å². The molecule has 0 fully saturated rings. The summed E-state index contributed by atoms with van der Waals surface area (Å²) in [5, 5.41) is 0. The molecule has 0 atom stereocenters. The van der Waals surface area contributed by atoms with E-state index in [9.17, 15) is 0 Å². The van der Waals surface area contributed by atoms with E-state index in [0.29, 0.717) is 0 Å². The fraction of sp³-hybridized carbons (Fsp3) is 0.154. The Morgan fingerprint density at radius 3 is 2.71 bits per heavy atom. The molecule has 0 saturated carbocycles. The Kier molecular flexibility index (Phi) is 2.14. The van der Waals surface area contributed by atoms with E-state index >= 15 is 0 Å². The number of rotatable bonds is 1. The molecule has 3 heterocycles. The maximum Gasteiger partial charge on any atom is 0.178 e. The van der Waals surface area contributed by atoms with Crippen molar-refractivity contribution in [2.24, 2.45) is 0 Å². The molecule has 0 saturated heterocycles. The standard InChI is InChI=1S/C13H12N4/c1-8-5-6-10(9(2)15-8)12-16-11-4-3-7-14-13(11)17-12/h3-7H,1-2H3,(H,14,16,17). The predicted molar refractivity (Wildman–Crippen MR) is 66.6 cm³/mol. The van der Waals surface area contributed by atoms with Gasteiger partial charge in [-0.2, -0.15) is 0 Å². The highest BCUT2D eigenvalue weighted by Crippen LogP contribution is 2.21. The Hall–Kier alpha value is -2.23. The van der Waals surface area contributed by atoms with Crippen LogP contribution in [0.4, 0.5) is 0 Å². The van der Waals surface area contributed by atoms with Crippen LogP contribution in [0.5, 0.6) is 0 Å². The van der Waals surface area contributed by atoms with Gasteiger partial charge in [-0.1, -0.05) is 0 Å². The molecule has 4 nitrogen and oxygen atoms in total. The number of aromatic nitrogens is 4. The molecule has 0 aliphatic heterocycles. The molecular weight excluding hydrogens is 212 g/mol. The Morgan fingerprint density at radius 2 is 1.94 bits per heavy atom. The number of pyridine rings is 2. The van der Waals surface area contributed by atoms with E-state index in [1.54, 1.807) is 6.20 Å². The van der Waals surface area contributed by atoms with Crippen LogP contribution in [0.1, 0.15) is 11.4 Å². The van der Waals surface area contributed by atoms with Gasteiger partial charge in [0.25, 0.3) is 0 Å². The van der Waals surface area contributed by atoms with E-state index in [0.717, 1.165) is 33.9 Å². The Balaban J connectivity index is 2.20. The number of imidazole rings is 1. The Bertz CT molecular complexity index is 652. The summed E-state index contributed by atoms with van der Waals surface area (Å²) in [6, 6.07) is 7.89. The van der Waals surface area contributed by atoms with Crippen molar-refractivity contribution in [3.8, 4) is 11.4 Å². The molecule has 1 N–H and O–H groups in total. The van der Waals surface area contributed by atoms with Gasteiger partial charge in [0.2, 0.25) is 0 Å². The van der Waals surface area contributed by atoms with Gasteiger partial charge in [0.1, 0.15) is 5.82 Å². The smallest absolute Gasteiger partial charge is 0.178 e. The first-order valence-electron chi connectivity index (χ1n) is 5.49. The SMILES string of the molecule is Cc1ccc(-c2nc3ncccc3[nH]2)c(C)n1. The molecule has 3 aromatic heterocycles. The second kappa shape index (κ2) is 3.66. The number of fused-ring (bicyclic) bond motifs is 1. The topological polar surface area (TPSA) is 54.5 Å². The van der Waals surface area contributed by atoms with Crippen molar-refractivity contribution in [3.63, 3.8) is 0 Å². The van der Waals surface area contributed by atoms with E-state index in [1.807, 2.05) is 38.1 Å². The summed E-state index contributed by atoms with van der Waals surface area (Å²) in [7, 11) is 0. The van der Waals surface area contributed by atoms with Crippen molar-refractivity contribution < 1.29 is 0 Å². The molecule has 0 spiro atoms. The first-order chi connectivity index (χ1) is 8.24. The molecule has 3 rings (SSSR count). The predicted octanol–water partition coefficient (Wildman–Crippen LogP) is 2.64. The van der Waals surface area contributed by atoms with Crippen molar-refractivity contribution in [2.45, 2.75) is 13.8 Å². The highest BCUT2D eigenvalue weighted by Gasteiger charge is 2.08. The van der Waals surface area contributed by atoms with Crippen molar-refractivity contribution in [1.82, 2.24) is 19.9 Å². The van der Waals surface area contributed by atoms with Crippen molar-refractivity contribution in [2.75, 3.05) is 0 Å². The minimum atomic E-state index is 0.738. The number of H-pyrrole nitrogens is 1. The Morgan fingerprint density at radius 1 is 1.06 bits per heavy atom. The Labute approximate surface area is 98.8 Å². The van der Waals surface area contributed by atoms with E-state index in [-0.39, 0.29) is 0 Å². The summed E-state index contributed by atoms with van der Waals surface area (Å²) in [6.45, 7) is 3.97. The van der Waals surface area contributed by atoms with E-state index in [4.69, 9.17) is 0 Å². The average molecular weight is 224 g/mol. The zero-order valence-electron chi connectivity index (χ0n) is 9.73. The lowest BCUT2D eigenvalue weighted by Gasteiger charge is -2.01. The normalized spacial score (nSPS) is 10.9. The number of nitrogens with zero attached hydrogens (tertiary/aromatic N) is 3. The first-order valence-corrected chi connectivity index (χ1v) is 5.49. The fourth-order valence-corrected chi connectivity index (χ4v) is 1.91. The summed E-state index contributed by atoms with van der Waals surface area (Å²) in [5.74, 6) is 0.823. The molecule has 84 valence electrons. The van der Waals surface area contributed by atoms with Gasteiger partial charge in [-0.25, -0.2) is 9.97 Å². The first kappa shape index (κ1) is 9.96. The van der Waals surface area contributed by atoms with E-state index < -0.39 is 0 Å². The number of nitrogens with one attached hydrogen (secondary N) is 1. The lowest BCUT2D eigenvalue weighted by molar-refractivity contribution is 1.11. The zero-order valence-corrected chi connectivity index (χ0v) is 9.73. The van der Waals surface area contributed by atoms with Crippen molar-refractivity contribution >= 4 is 11.2 Å². The highest BCUT2D eigenvalue weighted by molar-refractivity contribution is 5.76. The zero-order chi connectivity index (χ0) is 11.8. The van der Waals surface area contributed by atoms with Gasteiger partial charge in [-0.15, -0.1) is 0 Å².